The van der Waals surface area contributed by atoms with Gasteiger partial charge in [-0.3, -0.25) is 0 Å². The number of carbonyl (C=O) groups is 1. The minimum absolute atomic E-state index is 0.146. The Morgan fingerprint density at radius 3 is 2.77 bits per heavy atom. The Kier molecular flexibility index (Phi) is 5.52. The predicted molar refractivity (Wildman–Crippen MR) is 116 cm³/mol. The van der Waals surface area contributed by atoms with Crippen LogP contribution in [0.15, 0.2) is 47.5 Å². The van der Waals surface area contributed by atoms with Gasteiger partial charge < -0.3 is 19.5 Å². The van der Waals surface area contributed by atoms with Gasteiger partial charge in [0, 0.05) is 24.4 Å². The first kappa shape index (κ1) is 20.2. The molecule has 0 radical (unpaired) electrons. The maximum atomic E-state index is 12.9. The van der Waals surface area contributed by atoms with Gasteiger partial charge in [0.1, 0.15) is 6.61 Å². The number of nitrogens with one attached hydrogen (secondary N) is 1. The fourth-order valence-electron chi connectivity index (χ4n) is 4.73. The first-order valence-electron chi connectivity index (χ1n) is 11.3. The van der Waals surface area contributed by atoms with Crippen LogP contribution < -0.4 is 5.32 Å². The van der Waals surface area contributed by atoms with Crippen molar-refractivity contribution in [3.63, 3.8) is 0 Å². The Morgan fingerprint density at radius 2 is 2.06 bits per heavy atom. The summed E-state index contributed by atoms with van der Waals surface area (Å²) in [6.07, 6.45) is 6.26. The Morgan fingerprint density at radius 1 is 1.29 bits per heavy atom. The fraction of sp³-hybridized carbons (Fsp3) is 0.542. The van der Waals surface area contributed by atoms with E-state index in [1.807, 2.05) is 11.0 Å². The van der Waals surface area contributed by atoms with Gasteiger partial charge in [-0.25, -0.2) is 4.79 Å². The molecule has 2 saturated carbocycles. The number of benzene rings is 1. The van der Waals surface area contributed by atoms with Crippen LogP contribution in [0, 0.1) is 0 Å². The fourth-order valence-corrected chi connectivity index (χ4v) is 4.73. The van der Waals surface area contributed by atoms with E-state index < -0.39 is 0 Å². The lowest BCUT2D eigenvalue weighted by molar-refractivity contribution is 0.104. The third-order valence-electron chi connectivity index (χ3n) is 6.88. The van der Waals surface area contributed by atoms with E-state index in [-0.39, 0.29) is 24.2 Å². The summed E-state index contributed by atoms with van der Waals surface area (Å²) < 4.78 is 11.1. The summed E-state index contributed by atoms with van der Waals surface area (Å²) in [7, 11) is 0. The molecule has 3 fully saturated rings. The monoisotopic (exact) mass is 422 g/mol. The maximum absolute atomic E-state index is 12.9. The van der Waals surface area contributed by atoms with Crippen LogP contribution in [-0.4, -0.2) is 53.4 Å². The summed E-state index contributed by atoms with van der Waals surface area (Å²) >= 11 is 0. The highest BCUT2D eigenvalue weighted by Crippen LogP contribution is 2.51. The highest BCUT2D eigenvalue weighted by molar-refractivity contribution is 5.69. The normalized spacial score (nSPS) is 24.4. The summed E-state index contributed by atoms with van der Waals surface area (Å²) in [5.41, 5.74) is 1.05. The summed E-state index contributed by atoms with van der Waals surface area (Å²) in [6, 6.07) is 10.5. The SMILES string of the molecule is C=CCOC(=O)N(CC1(c2noc(C3CCNCC3)n2)CC1)[C@@H]1C[C@H]1c1ccccc1. The van der Waals surface area contributed by atoms with Gasteiger partial charge in [-0.05, 0) is 50.8 Å². The van der Waals surface area contributed by atoms with Gasteiger partial charge in [0.2, 0.25) is 5.89 Å². The molecule has 2 atom stereocenters. The number of carbonyl (C=O) groups excluding carboxylic acids is 1. The Balaban J connectivity index is 1.32. The quantitative estimate of drug-likeness (QED) is 0.653. The molecule has 1 aliphatic heterocycles. The van der Waals surface area contributed by atoms with Gasteiger partial charge in [-0.2, -0.15) is 4.98 Å². The topological polar surface area (TPSA) is 80.5 Å². The molecule has 1 saturated heterocycles. The number of hydrogen-bond donors (Lipinski definition) is 1. The predicted octanol–water partition coefficient (Wildman–Crippen LogP) is 3.75. The number of amides is 1. The lowest BCUT2D eigenvalue weighted by atomic mass is 9.98. The largest absolute Gasteiger partial charge is 0.445 e. The summed E-state index contributed by atoms with van der Waals surface area (Å²) in [6.45, 7) is 6.42. The lowest BCUT2D eigenvalue weighted by Gasteiger charge is -2.26. The van der Waals surface area contributed by atoms with Gasteiger partial charge in [-0.15, -0.1) is 0 Å². The second kappa shape index (κ2) is 8.46. The number of ether oxygens (including phenoxy) is 1. The van der Waals surface area contributed by atoms with Crippen LogP contribution in [0.3, 0.4) is 0 Å². The Hall–Kier alpha value is -2.67. The number of rotatable bonds is 8. The van der Waals surface area contributed by atoms with Crippen molar-refractivity contribution in [3.8, 4) is 0 Å². The molecular formula is C24H30N4O3. The van der Waals surface area contributed by atoms with Gasteiger partial charge in [-0.1, -0.05) is 48.1 Å². The molecule has 1 N–H and O–H groups in total. The van der Waals surface area contributed by atoms with Crippen LogP contribution in [0.4, 0.5) is 4.79 Å². The van der Waals surface area contributed by atoms with Crippen LogP contribution in [0.1, 0.15) is 61.2 Å². The van der Waals surface area contributed by atoms with E-state index in [1.165, 1.54) is 5.56 Å². The average molecular weight is 423 g/mol. The van der Waals surface area contributed by atoms with Crippen molar-refractivity contribution < 1.29 is 14.1 Å². The molecular weight excluding hydrogens is 392 g/mol. The van der Waals surface area contributed by atoms with Gasteiger partial charge in [0.25, 0.3) is 0 Å². The van der Waals surface area contributed by atoms with Crippen LogP contribution in [0.2, 0.25) is 0 Å². The minimum atomic E-state index is -0.281. The molecule has 2 aliphatic carbocycles. The molecule has 1 amide bonds. The highest BCUT2D eigenvalue weighted by atomic mass is 16.6. The van der Waals surface area contributed by atoms with E-state index in [9.17, 15) is 4.79 Å². The molecule has 3 aliphatic rings. The lowest BCUT2D eigenvalue weighted by Crippen LogP contribution is -2.40. The molecule has 164 valence electrons. The zero-order chi connectivity index (χ0) is 21.3. The second-order valence-corrected chi connectivity index (χ2v) is 9.07. The Labute approximate surface area is 182 Å². The standard InChI is InChI=1S/C24H30N4O3/c1-2-14-30-23(29)28(20-15-19(20)17-6-4-3-5-7-17)16-24(10-11-24)22-26-21(31-27-22)18-8-12-25-13-9-18/h2-7,18-20,25H,1,8-16H2/t19-,20+/m0/s1. The highest BCUT2D eigenvalue weighted by Gasteiger charge is 2.55. The molecule has 1 aromatic heterocycles. The third-order valence-corrected chi connectivity index (χ3v) is 6.88. The van der Waals surface area contributed by atoms with Crippen molar-refractivity contribution in [1.82, 2.24) is 20.4 Å². The molecule has 5 rings (SSSR count). The van der Waals surface area contributed by atoms with E-state index in [1.54, 1.807) is 6.08 Å². The van der Waals surface area contributed by atoms with Crippen LogP contribution in [-0.2, 0) is 10.2 Å². The molecule has 7 nitrogen and oxygen atoms in total. The molecule has 2 aromatic rings. The van der Waals surface area contributed by atoms with Crippen molar-refractivity contribution in [2.75, 3.05) is 26.2 Å². The number of hydrogen-bond acceptors (Lipinski definition) is 6. The molecule has 0 bridgehead atoms. The van der Waals surface area contributed by atoms with Crippen LogP contribution >= 0.6 is 0 Å². The van der Waals surface area contributed by atoms with E-state index in [4.69, 9.17) is 14.2 Å². The zero-order valence-corrected chi connectivity index (χ0v) is 17.8. The molecule has 0 spiro atoms. The van der Waals surface area contributed by atoms with Crippen molar-refractivity contribution in [2.24, 2.45) is 0 Å². The summed E-state index contributed by atoms with van der Waals surface area (Å²) in [4.78, 5) is 19.6. The first-order valence-corrected chi connectivity index (χ1v) is 11.3. The van der Waals surface area contributed by atoms with Crippen molar-refractivity contribution >= 4 is 6.09 Å². The van der Waals surface area contributed by atoms with E-state index in [0.29, 0.717) is 18.4 Å². The van der Waals surface area contributed by atoms with Crippen molar-refractivity contribution in [1.29, 1.82) is 0 Å². The summed E-state index contributed by atoms with van der Waals surface area (Å²) in [5.74, 6) is 2.18. The average Bonchev–Trinajstić information content (AvgIpc) is 3.73. The van der Waals surface area contributed by atoms with Crippen LogP contribution in [0.25, 0.3) is 0 Å². The molecule has 31 heavy (non-hydrogen) atoms. The van der Waals surface area contributed by atoms with Crippen LogP contribution in [0.5, 0.6) is 0 Å². The third kappa shape index (κ3) is 4.24. The molecule has 2 heterocycles. The molecule has 0 unspecified atom stereocenters. The molecule has 7 heteroatoms. The van der Waals surface area contributed by atoms with Crippen molar-refractivity contribution in [3.05, 3.63) is 60.3 Å². The summed E-state index contributed by atoms with van der Waals surface area (Å²) in [5, 5.41) is 7.73. The molecule has 1 aromatic carbocycles. The number of nitrogens with zero attached hydrogens (tertiary/aromatic N) is 3. The zero-order valence-electron chi connectivity index (χ0n) is 17.8. The van der Waals surface area contributed by atoms with E-state index in [2.05, 4.69) is 41.3 Å². The first-order chi connectivity index (χ1) is 15.2. The van der Waals surface area contributed by atoms with Crippen molar-refractivity contribution in [2.45, 2.75) is 55.4 Å². The number of aromatic nitrogens is 2. The number of piperidine rings is 1. The van der Waals surface area contributed by atoms with Gasteiger partial charge >= 0.3 is 6.09 Å². The second-order valence-electron chi connectivity index (χ2n) is 9.07. The van der Waals surface area contributed by atoms with Gasteiger partial charge in [0.15, 0.2) is 5.82 Å². The maximum Gasteiger partial charge on any atom is 0.410 e. The Bertz CT molecular complexity index is 918. The van der Waals surface area contributed by atoms with Gasteiger partial charge in [0.05, 0.1) is 5.41 Å². The van der Waals surface area contributed by atoms with E-state index >= 15 is 0 Å². The minimum Gasteiger partial charge on any atom is -0.445 e. The smallest absolute Gasteiger partial charge is 0.410 e. The van der Waals surface area contributed by atoms with E-state index in [0.717, 1.165) is 56.9 Å².